The standard InChI is InChI=1S/C16H23BrN2O2/c1-18-10-15-16(19(7-8-21-15)11-3-4-11)13-9-12(20-2)5-6-14(13)17/h5-6,9,11,15-16,18H,3-4,7-8,10H2,1-2H3. The summed E-state index contributed by atoms with van der Waals surface area (Å²) in [5.41, 5.74) is 1.27. The Morgan fingerprint density at radius 2 is 2.24 bits per heavy atom. The Hall–Kier alpha value is -0.620. The van der Waals surface area contributed by atoms with Crippen molar-refractivity contribution in [2.75, 3.05) is 33.9 Å². The fourth-order valence-electron chi connectivity index (χ4n) is 3.20. The fourth-order valence-corrected chi connectivity index (χ4v) is 3.68. The van der Waals surface area contributed by atoms with Crippen molar-refractivity contribution in [1.82, 2.24) is 10.2 Å². The Balaban J connectivity index is 1.95. The first-order valence-corrected chi connectivity index (χ1v) is 8.39. The van der Waals surface area contributed by atoms with E-state index < -0.39 is 0 Å². The van der Waals surface area contributed by atoms with Crippen molar-refractivity contribution in [1.29, 1.82) is 0 Å². The van der Waals surface area contributed by atoms with Crippen LogP contribution in [0.1, 0.15) is 24.4 Å². The van der Waals surface area contributed by atoms with Crippen molar-refractivity contribution in [3.8, 4) is 5.75 Å². The highest BCUT2D eigenvalue weighted by molar-refractivity contribution is 9.10. The van der Waals surface area contributed by atoms with Gasteiger partial charge in [0.15, 0.2) is 0 Å². The maximum Gasteiger partial charge on any atom is 0.119 e. The lowest BCUT2D eigenvalue weighted by Crippen LogP contribution is -2.49. The third kappa shape index (κ3) is 3.26. The summed E-state index contributed by atoms with van der Waals surface area (Å²) in [6.07, 6.45) is 2.79. The molecule has 2 aliphatic rings. The minimum absolute atomic E-state index is 0.174. The maximum absolute atomic E-state index is 6.06. The molecular weight excluding hydrogens is 332 g/mol. The van der Waals surface area contributed by atoms with Gasteiger partial charge in [-0.3, -0.25) is 4.90 Å². The number of likely N-dealkylation sites (N-methyl/N-ethyl adjacent to an activating group) is 1. The number of hydrogen-bond donors (Lipinski definition) is 1. The molecule has 4 nitrogen and oxygen atoms in total. The van der Waals surface area contributed by atoms with Gasteiger partial charge in [-0.1, -0.05) is 15.9 Å². The summed E-state index contributed by atoms with van der Waals surface area (Å²) < 4.78 is 12.6. The number of halogens is 1. The summed E-state index contributed by atoms with van der Waals surface area (Å²) in [6, 6.07) is 7.21. The monoisotopic (exact) mass is 354 g/mol. The van der Waals surface area contributed by atoms with E-state index >= 15 is 0 Å². The van der Waals surface area contributed by atoms with Crippen LogP contribution in [0, 0.1) is 0 Å². The van der Waals surface area contributed by atoms with Gasteiger partial charge >= 0.3 is 0 Å². The van der Waals surface area contributed by atoms with Crippen LogP contribution in [-0.4, -0.2) is 50.9 Å². The molecule has 0 amide bonds. The molecule has 1 aliphatic carbocycles. The molecule has 1 heterocycles. The van der Waals surface area contributed by atoms with E-state index in [0.29, 0.717) is 0 Å². The number of methoxy groups -OCH3 is 1. The summed E-state index contributed by atoms with van der Waals surface area (Å²) in [4.78, 5) is 2.62. The Morgan fingerprint density at radius 1 is 1.43 bits per heavy atom. The van der Waals surface area contributed by atoms with Gasteiger partial charge in [-0.25, -0.2) is 0 Å². The molecule has 21 heavy (non-hydrogen) atoms. The number of benzene rings is 1. The SMILES string of the molecule is CNCC1OCCN(C2CC2)C1c1cc(OC)ccc1Br. The second kappa shape index (κ2) is 6.65. The second-order valence-corrected chi connectivity index (χ2v) is 6.62. The average molecular weight is 355 g/mol. The topological polar surface area (TPSA) is 33.7 Å². The van der Waals surface area contributed by atoms with Gasteiger partial charge in [-0.15, -0.1) is 0 Å². The fraction of sp³-hybridized carbons (Fsp3) is 0.625. The van der Waals surface area contributed by atoms with Gasteiger partial charge in [0.25, 0.3) is 0 Å². The molecule has 3 rings (SSSR count). The van der Waals surface area contributed by atoms with Gasteiger partial charge in [0.2, 0.25) is 0 Å². The Kier molecular flexibility index (Phi) is 4.84. The molecule has 1 aromatic carbocycles. The van der Waals surface area contributed by atoms with Crippen LogP contribution in [0.5, 0.6) is 5.75 Å². The summed E-state index contributed by atoms with van der Waals surface area (Å²) in [5.74, 6) is 0.901. The molecule has 0 bridgehead atoms. The van der Waals surface area contributed by atoms with Gasteiger partial charge < -0.3 is 14.8 Å². The zero-order valence-corrected chi connectivity index (χ0v) is 14.2. The number of nitrogens with one attached hydrogen (secondary N) is 1. The van der Waals surface area contributed by atoms with Gasteiger partial charge in [0.05, 0.1) is 25.9 Å². The minimum Gasteiger partial charge on any atom is -0.497 e. The lowest BCUT2D eigenvalue weighted by atomic mass is 9.97. The molecule has 0 spiro atoms. The number of hydrogen-bond acceptors (Lipinski definition) is 4. The van der Waals surface area contributed by atoms with Crippen molar-refractivity contribution in [3.05, 3.63) is 28.2 Å². The van der Waals surface area contributed by atoms with Crippen molar-refractivity contribution >= 4 is 15.9 Å². The molecular formula is C16H23BrN2O2. The summed E-state index contributed by atoms with van der Waals surface area (Å²) in [5, 5.41) is 3.27. The second-order valence-electron chi connectivity index (χ2n) is 5.77. The van der Waals surface area contributed by atoms with Crippen LogP contribution in [0.4, 0.5) is 0 Å². The minimum atomic E-state index is 0.174. The van der Waals surface area contributed by atoms with Gasteiger partial charge in [-0.2, -0.15) is 0 Å². The van der Waals surface area contributed by atoms with Crippen molar-refractivity contribution in [3.63, 3.8) is 0 Å². The highest BCUT2D eigenvalue weighted by Gasteiger charge is 2.41. The molecule has 1 N–H and O–H groups in total. The number of ether oxygens (including phenoxy) is 2. The zero-order valence-electron chi connectivity index (χ0n) is 12.6. The Morgan fingerprint density at radius 3 is 2.90 bits per heavy atom. The molecule has 1 aromatic rings. The lowest BCUT2D eigenvalue weighted by molar-refractivity contribution is -0.0742. The Bertz CT molecular complexity index is 491. The summed E-state index contributed by atoms with van der Waals surface area (Å²) in [7, 11) is 3.70. The Labute approximate surface area is 134 Å². The lowest BCUT2D eigenvalue weighted by Gasteiger charge is -2.42. The summed E-state index contributed by atoms with van der Waals surface area (Å²) >= 11 is 3.71. The van der Waals surface area contributed by atoms with Gasteiger partial charge in [-0.05, 0) is 43.7 Å². The van der Waals surface area contributed by atoms with Crippen LogP contribution >= 0.6 is 15.9 Å². The van der Waals surface area contributed by atoms with E-state index in [1.54, 1.807) is 7.11 Å². The van der Waals surface area contributed by atoms with E-state index in [2.05, 4.69) is 38.3 Å². The van der Waals surface area contributed by atoms with E-state index in [1.165, 1.54) is 18.4 Å². The predicted molar refractivity (Wildman–Crippen MR) is 86.8 cm³/mol. The third-order valence-corrected chi connectivity index (χ3v) is 5.06. The van der Waals surface area contributed by atoms with Crippen molar-refractivity contribution in [2.45, 2.75) is 31.0 Å². The quantitative estimate of drug-likeness (QED) is 0.880. The van der Waals surface area contributed by atoms with Crippen LogP contribution < -0.4 is 10.1 Å². The van der Waals surface area contributed by atoms with E-state index in [1.807, 2.05) is 13.1 Å². The highest BCUT2D eigenvalue weighted by Crippen LogP contribution is 2.41. The van der Waals surface area contributed by atoms with Crippen LogP contribution in [0.25, 0.3) is 0 Å². The van der Waals surface area contributed by atoms with Crippen molar-refractivity contribution < 1.29 is 9.47 Å². The number of nitrogens with zero attached hydrogens (tertiary/aromatic N) is 1. The van der Waals surface area contributed by atoms with E-state index in [4.69, 9.17) is 9.47 Å². The smallest absolute Gasteiger partial charge is 0.119 e. The molecule has 116 valence electrons. The van der Waals surface area contributed by atoms with Crippen LogP contribution in [0.15, 0.2) is 22.7 Å². The number of rotatable bonds is 5. The largest absolute Gasteiger partial charge is 0.497 e. The van der Waals surface area contributed by atoms with E-state index in [9.17, 15) is 0 Å². The van der Waals surface area contributed by atoms with Crippen LogP contribution in [0.2, 0.25) is 0 Å². The van der Waals surface area contributed by atoms with Gasteiger partial charge in [0.1, 0.15) is 5.75 Å². The predicted octanol–water partition coefficient (Wildman–Crippen LogP) is 2.58. The summed E-state index contributed by atoms with van der Waals surface area (Å²) in [6.45, 7) is 2.69. The maximum atomic E-state index is 6.06. The average Bonchev–Trinajstić information content (AvgIpc) is 3.33. The normalized spacial score (nSPS) is 26.8. The zero-order chi connectivity index (χ0) is 14.8. The van der Waals surface area contributed by atoms with E-state index in [-0.39, 0.29) is 12.1 Å². The van der Waals surface area contributed by atoms with E-state index in [0.717, 1.165) is 36.0 Å². The first kappa shape index (κ1) is 15.3. The molecule has 0 aromatic heterocycles. The molecule has 2 fully saturated rings. The third-order valence-electron chi connectivity index (χ3n) is 4.33. The molecule has 5 heteroatoms. The molecule has 1 saturated carbocycles. The molecule has 1 aliphatic heterocycles. The first-order valence-electron chi connectivity index (χ1n) is 7.60. The van der Waals surface area contributed by atoms with Crippen LogP contribution in [-0.2, 0) is 4.74 Å². The molecule has 0 radical (unpaired) electrons. The molecule has 1 saturated heterocycles. The molecule has 2 unspecified atom stereocenters. The van der Waals surface area contributed by atoms with Gasteiger partial charge in [0, 0.05) is 23.6 Å². The number of morpholine rings is 1. The molecule has 2 atom stereocenters. The van der Waals surface area contributed by atoms with Crippen LogP contribution in [0.3, 0.4) is 0 Å². The highest BCUT2D eigenvalue weighted by atomic mass is 79.9. The van der Waals surface area contributed by atoms with Crippen molar-refractivity contribution in [2.24, 2.45) is 0 Å². The first-order chi connectivity index (χ1) is 10.2.